The van der Waals surface area contributed by atoms with Gasteiger partial charge < -0.3 is 16.0 Å². The molecule has 0 radical (unpaired) electrons. The van der Waals surface area contributed by atoms with E-state index < -0.39 is 6.04 Å². The van der Waals surface area contributed by atoms with Gasteiger partial charge in [0.25, 0.3) is 0 Å². The first-order valence-corrected chi connectivity index (χ1v) is 7.91. The van der Waals surface area contributed by atoms with E-state index in [1.54, 1.807) is 6.92 Å². The van der Waals surface area contributed by atoms with Crippen LogP contribution in [0.1, 0.15) is 32.3 Å². The number of rotatable bonds is 5. The van der Waals surface area contributed by atoms with Crippen molar-refractivity contribution in [2.24, 2.45) is 5.92 Å². The Labute approximate surface area is 144 Å². The van der Waals surface area contributed by atoms with Crippen molar-refractivity contribution in [3.63, 3.8) is 0 Å². The molecule has 1 aliphatic rings. The first-order valence-electron chi connectivity index (χ1n) is 7.91. The standard InChI is InChI=1S/C17H25N3O2.ClH/c1-12-10-15(8-9-18-12)17(22)20-13(2)16(21)19-11-14-6-4-3-5-7-14;/h3-7,12-13,15,18H,8-11H2,1-2H3,(H,19,21)(H,20,22);1H/t12-,13?,15-;/m0./s1. The Hall–Kier alpha value is -1.59. The Balaban J connectivity index is 0.00000264. The molecule has 1 fully saturated rings. The quantitative estimate of drug-likeness (QED) is 0.763. The average Bonchev–Trinajstić information content (AvgIpc) is 2.53. The van der Waals surface area contributed by atoms with Gasteiger partial charge in [-0.25, -0.2) is 0 Å². The highest BCUT2D eigenvalue weighted by atomic mass is 35.5. The zero-order valence-electron chi connectivity index (χ0n) is 13.7. The van der Waals surface area contributed by atoms with Crippen LogP contribution >= 0.6 is 12.4 Å². The number of carbonyl (C=O) groups excluding carboxylic acids is 2. The molecule has 1 aromatic carbocycles. The number of benzene rings is 1. The van der Waals surface area contributed by atoms with Crippen LogP contribution < -0.4 is 16.0 Å². The minimum atomic E-state index is -0.513. The summed E-state index contributed by atoms with van der Waals surface area (Å²) in [5.41, 5.74) is 1.04. The molecular formula is C17H26ClN3O2. The normalized spacial score (nSPS) is 21.7. The van der Waals surface area contributed by atoms with Crippen LogP contribution in [0.3, 0.4) is 0 Å². The Bertz CT molecular complexity index is 510. The van der Waals surface area contributed by atoms with Crippen molar-refractivity contribution in [3.8, 4) is 0 Å². The number of amides is 2. The summed E-state index contributed by atoms with van der Waals surface area (Å²) in [7, 11) is 0. The fourth-order valence-electron chi connectivity index (χ4n) is 2.70. The maximum atomic E-state index is 12.2. The van der Waals surface area contributed by atoms with Gasteiger partial charge >= 0.3 is 0 Å². The van der Waals surface area contributed by atoms with Crippen molar-refractivity contribution >= 4 is 24.2 Å². The minimum Gasteiger partial charge on any atom is -0.350 e. The molecule has 1 heterocycles. The van der Waals surface area contributed by atoms with E-state index in [4.69, 9.17) is 0 Å². The Morgan fingerprint density at radius 1 is 1.30 bits per heavy atom. The summed E-state index contributed by atoms with van der Waals surface area (Å²) in [4.78, 5) is 24.3. The lowest BCUT2D eigenvalue weighted by Crippen LogP contribution is -2.49. The van der Waals surface area contributed by atoms with Gasteiger partial charge in [0.15, 0.2) is 0 Å². The summed E-state index contributed by atoms with van der Waals surface area (Å²) in [6.45, 7) is 5.14. The smallest absolute Gasteiger partial charge is 0.242 e. The van der Waals surface area contributed by atoms with Crippen LogP contribution in [0.2, 0.25) is 0 Å². The van der Waals surface area contributed by atoms with E-state index in [1.165, 1.54) is 0 Å². The second-order valence-corrected chi connectivity index (χ2v) is 6.01. The largest absolute Gasteiger partial charge is 0.350 e. The second kappa shape index (κ2) is 9.53. The third kappa shape index (κ3) is 6.20. The van der Waals surface area contributed by atoms with Gasteiger partial charge in [-0.15, -0.1) is 12.4 Å². The zero-order valence-corrected chi connectivity index (χ0v) is 14.5. The van der Waals surface area contributed by atoms with Crippen molar-refractivity contribution in [2.45, 2.75) is 45.3 Å². The highest BCUT2D eigenvalue weighted by Gasteiger charge is 2.26. The zero-order chi connectivity index (χ0) is 15.9. The first kappa shape index (κ1) is 19.5. The molecule has 0 aliphatic carbocycles. The molecular weight excluding hydrogens is 314 g/mol. The fourth-order valence-corrected chi connectivity index (χ4v) is 2.70. The summed E-state index contributed by atoms with van der Waals surface area (Å²) in [5.74, 6) is -0.171. The van der Waals surface area contributed by atoms with E-state index in [0.29, 0.717) is 12.6 Å². The molecule has 6 heteroatoms. The van der Waals surface area contributed by atoms with Crippen LogP contribution in [-0.4, -0.2) is 30.4 Å². The number of nitrogens with one attached hydrogen (secondary N) is 3. The first-order chi connectivity index (χ1) is 10.6. The van der Waals surface area contributed by atoms with Gasteiger partial charge in [0, 0.05) is 18.5 Å². The van der Waals surface area contributed by atoms with Crippen LogP contribution in [0.15, 0.2) is 30.3 Å². The van der Waals surface area contributed by atoms with Gasteiger partial charge in [0.2, 0.25) is 11.8 Å². The lowest BCUT2D eigenvalue weighted by atomic mass is 9.92. The molecule has 1 aromatic rings. The number of hydrogen-bond donors (Lipinski definition) is 3. The number of halogens is 1. The van der Waals surface area contributed by atoms with Crippen molar-refractivity contribution in [1.82, 2.24) is 16.0 Å². The number of hydrogen-bond acceptors (Lipinski definition) is 3. The maximum Gasteiger partial charge on any atom is 0.242 e. The molecule has 1 saturated heterocycles. The molecule has 3 atom stereocenters. The van der Waals surface area contributed by atoms with Crippen molar-refractivity contribution < 1.29 is 9.59 Å². The lowest BCUT2D eigenvalue weighted by molar-refractivity contribution is -0.131. The molecule has 0 saturated carbocycles. The summed E-state index contributed by atoms with van der Waals surface area (Å²) < 4.78 is 0. The second-order valence-electron chi connectivity index (χ2n) is 6.01. The summed E-state index contributed by atoms with van der Waals surface area (Å²) in [6.07, 6.45) is 1.65. The van der Waals surface area contributed by atoms with Crippen LogP contribution in [-0.2, 0) is 16.1 Å². The van der Waals surface area contributed by atoms with Gasteiger partial charge in [0.1, 0.15) is 6.04 Å². The Morgan fingerprint density at radius 2 is 2.00 bits per heavy atom. The van der Waals surface area contributed by atoms with Gasteiger partial charge in [-0.3, -0.25) is 9.59 Å². The lowest BCUT2D eigenvalue weighted by Gasteiger charge is -2.28. The van der Waals surface area contributed by atoms with Crippen LogP contribution in [0.4, 0.5) is 0 Å². The molecule has 2 amide bonds. The topological polar surface area (TPSA) is 70.2 Å². The molecule has 1 unspecified atom stereocenters. The van der Waals surface area contributed by atoms with Crippen molar-refractivity contribution in [2.75, 3.05) is 6.54 Å². The third-order valence-corrected chi connectivity index (χ3v) is 4.06. The van der Waals surface area contributed by atoms with E-state index in [9.17, 15) is 9.59 Å². The van der Waals surface area contributed by atoms with Gasteiger partial charge in [-0.1, -0.05) is 30.3 Å². The molecule has 5 nitrogen and oxygen atoms in total. The highest BCUT2D eigenvalue weighted by molar-refractivity contribution is 5.88. The molecule has 2 rings (SSSR count). The molecule has 23 heavy (non-hydrogen) atoms. The summed E-state index contributed by atoms with van der Waals surface area (Å²) >= 11 is 0. The highest BCUT2D eigenvalue weighted by Crippen LogP contribution is 2.16. The van der Waals surface area contributed by atoms with E-state index in [1.807, 2.05) is 30.3 Å². The van der Waals surface area contributed by atoms with E-state index >= 15 is 0 Å². The monoisotopic (exact) mass is 339 g/mol. The Kier molecular flexibility index (Phi) is 8.06. The summed E-state index contributed by atoms with van der Waals surface area (Å²) in [6, 6.07) is 9.57. The predicted molar refractivity (Wildman–Crippen MR) is 93.3 cm³/mol. The van der Waals surface area contributed by atoms with E-state index in [-0.39, 0.29) is 30.1 Å². The molecule has 1 aliphatic heterocycles. The fraction of sp³-hybridized carbons (Fsp3) is 0.529. The minimum absolute atomic E-state index is 0. The molecule has 0 spiro atoms. The van der Waals surface area contributed by atoms with Crippen LogP contribution in [0.25, 0.3) is 0 Å². The van der Waals surface area contributed by atoms with E-state index in [0.717, 1.165) is 24.9 Å². The predicted octanol–water partition coefficient (Wildman–Crippen LogP) is 1.62. The van der Waals surface area contributed by atoms with Gasteiger partial charge in [-0.05, 0) is 38.8 Å². The van der Waals surface area contributed by atoms with E-state index in [2.05, 4.69) is 22.9 Å². The molecule has 0 aromatic heterocycles. The summed E-state index contributed by atoms with van der Waals surface area (Å²) in [5, 5.41) is 9.00. The number of piperidine rings is 1. The van der Waals surface area contributed by atoms with Crippen LogP contribution in [0, 0.1) is 5.92 Å². The maximum absolute atomic E-state index is 12.2. The molecule has 0 bridgehead atoms. The van der Waals surface area contributed by atoms with Gasteiger partial charge in [0.05, 0.1) is 0 Å². The Morgan fingerprint density at radius 3 is 2.65 bits per heavy atom. The van der Waals surface area contributed by atoms with Gasteiger partial charge in [-0.2, -0.15) is 0 Å². The van der Waals surface area contributed by atoms with Crippen molar-refractivity contribution in [1.29, 1.82) is 0 Å². The average molecular weight is 340 g/mol. The number of carbonyl (C=O) groups is 2. The third-order valence-electron chi connectivity index (χ3n) is 4.06. The molecule has 3 N–H and O–H groups in total. The SMILES string of the molecule is CC(NC(=O)[C@H]1CCN[C@@H](C)C1)C(=O)NCc1ccccc1.Cl. The van der Waals surface area contributed by atoms with Crippen molar-refractivity contribution in [3.05, 3.63) is 35.9 Å². The van der Waals surface area contributed by atoms with Crippen LogP contribution in [0.5, 0.6) is 0 Å². The molecule has 128 valence electrons.